The fourth-order valence-electron chi connectivity index (χ4n) is 1.57. The minimum atomic E-state index is -1.62. The first-order valence-electron chi connectivity index (χ1n) is 4.79. The molecule has 0 aromatic heterocycles. The highest BCUT2D eigenvalue weighted by Crippen LogP contribution is 2.26. The van der Waals surface area contributed by atoms with E-state index in [0.717, 1.165) is 0 Å². The molecule has 0 aliphatic rings. The van der Waals surface area contributed by atoms with Gasteiger partial charge in [0.05, 0.1) is 0 Å². The number of aliphatic carboxylic acids is 1. The van der Waals surface area contributed by atoms with Crippen LogP contribution in [0.3, 0.4) is 0 Å². The molecule has 1 aromatic rings. The van der Waals surface area contributed by atoms with Crippen molar-refractivity contribution in [1.82, 2.24) is 0 Å². The van der Waals surface area contributed by atoms with E-state index in [1.807, 2.05) is 6.92 Å². The molecule has 1 aromatic carbocycles. The number of benzene rings is 1. The third-order valence-electron chi connectivity index (χ3n) is 2.38. The predicted octanol–water partition coefficient (Wildman–Crippen LogP) is 1.86. The fourth-order valence-corrected chi connectivity index (χ4v) is 1.57. The Morgan fingerprint density at radius 3 is 2.60 bits per heavy atom. The molecular weight excluding hydrogens is 197 g/mol. The van der Waals surface area contributed by atoms with Crippen molar-refractivity contribution in [2.45, 2.75) is 25.3 Å². The van der Waals surface area contributed by atoms with Gasteiger partial charge in [-0.15, -0.1) is 0 Å². The lowest BCUT2D eigenvalue weighted by molar-refractivity contribution is -0.144. The summed E-state index contributed by atoms with van der Waals surface area (Å²) < 4.78 is 13.4. The van der Waals surface area contributed by atoms with Gasteiger partial charge in [-0.05, 0) is 12.5 Å². The highest BCUT2D eigenvalue weighted by atomic mass is 19.1. The molecule has 0 heterocycles. The lowest BCUT2D eigenvalue weighted by atomic mass is 9.86. The molecule has 0 bridgehead atoms. The lowest BCUT2D eigenvalue weighted by Crippen LogP contribution is -2.45. The van der Waals surface area contributed by atoms with Crippen LogP contribution in [0.1, 0.15) is 25.3 Å². The van der Waals surface area contributed by atoms with Gasteiger partial charge in [-0.1, -0.05) is 31.5 Å². The first kappa shape index (κ1) is 11.7. The number of hydrogen-bond acceptors (Lipinski definition) is 2. The van der Waals surface area contributed by atoms with Crippen molar-refractivity contribution in [2.75, 3.05) is 0 Å². The third kappa shape index (κ3) is 2.15. The Bertz CT molecular complexity index is 367. The van der Waals surface area contributed by atoms with Crippen LogP contribution in [0, 0.1) is 5.82 Å². The zero-order valence-electron chi connectivity index (χ0n) is 8.53. The summed E-state index contributed by atoms with van der Waals surface area (Å²) in [6.45, 7) is 1.81. The van der Waals surface area contributed by atoms with Gasteiger partial charge in [0.2, 0.25) is 0 Å². The topological polar surface area (TPSA) is 63.3 Å². The molecule has 0 fully saturated rings. The van der Waals surface area contributed by atoms with E-state index in [4.69, 9.17) is 10.8 Å². The molecule has 1 atom stereocenters. The quantitative estimate of drug-likeness (QED) is 0.799. The Balaban J connectivity index is 3.21. The zero-order chi connectivity index (χ0) is 11.5. The molecule has 0 saturated carbocycles. The summed E-state index contributed by atoms with van der Waals surface area (Å²) in [5, 5.41) is 9.05. The molecule has 0 amide bonds. The van der Waals surface area contributed by atoms with Gasteiger partial charge in [0.15, 0.2) is 0 Å². The third-order valence-corrected chi connectivity index (χ3v) is 2.38. The van der Waals surface area contributed by atoms with Crippen molar-refractivity contribution in [3.8, 4) is 0 Å². The van der Waals surface area contributed by atoms with Gasteiger partial charge >= 0.3 is 5.97 Å². The van der Waals surface area contributed by atoms with Crippen LogP contribution in [0.25, 0.3) is 0 Å². The molecule has 0 aliphatic carbocycles. The van der Waals surface area contributed by atoms with E-state index in [1.54, 1.807) is 6.07 Å². The SMILES string of the molecule is CCC[C@@](N)(C(=O)O)c1ccccc1F. The molecule has 0 spiro atoms. The van der Waals surface area contributed by atoms with Crippen molar-refractivity contribution in [1.29, 1.82) is 0 Å². The van der Waals surface area contributed by atoms with Crippen LogP contribution in [0.15, 0.2) is 24.3 Å². The van der Waals surface area contributed by atoms with Crippen molar-refractivity contribution in [3.05, 3.63) is 35.6 Å². The molecular formula is C11H14FNO2. The number of carboxylic acid groups (broad SMARTS) is 1. The monoisotopic (exact) mass is 211 g/mol. The van der Waals surface area contributed by atoms with Crippen LogP contribution < -0.4 is 5.73 Å². The summed E-state index contributed by atoms with van der Waals surface area (Å²) in [6.07, 6.45) is 0.792. The second-order valence-electron chi connectivity index (χ2n) is 3.51. The van der Waals surface area contributed by atoms with Crippen LogP contribution >= 0.6 is 0 Å². The second-order valence-corrected chi connectivity index (χ2v) is 3.51. The van der Waals surface area contributed by atoms with Gasteiger partial charge in [-0.3, -0.25) is 0 Å². The van der Waals surface area contributed by atoms with Crippen molar-refractivity contribution in [2.24, 2.45) is 5.73 Å². The minimum absolute atomic E-state index is 0.0411. The summed E-state index contributed by atoms with van der Waals surface area (Å²) in [5.41, 5.74) is 4.15. The molecule has 4 heteroatoms. The average molecular weight is 211 g/mol. The van der Waals surface area contributed by atoms with E-state index in [-0.39, 0.29) is 12.0 Å². The highest BCUT2D eigenvalue weighted by molar-refractivity contribution is 5.80. The Morgan fingerprint density at radius 1 is 1.53 bits per heavy atom. The number of rotatable bonds is 4. The molecule has 15 heavy (non-hydrogen) atoms. The summed E-state index contributed by atoms with van der Waals surface area (Å²) in [6, 6.07) is 5.72. The largest absolute Gasteiger partial charge is 0.480 e. The molecule has 82 valence electrons. The van der Waals surface area contributed by atoms with E-state index in [2.05, 4.69) is 0 Å². The Morgan fingerprint density at radius 2 is 2.13 bits per heavy atom. The molecule has 0 radical (unpaired) electrons. The van der Waals surface area contributed by atoms with Crippen LogP contribution in [0.4, 0.5) is 4.39 Å². The van der Waals surface area contributed by atoms with Crippen molar-refractivity contribution < 1.29 is 14.3 Å². The summed E-state index contributed by atoms with van der Waals surface area (Å²) in [7, 11) is 0. The van der Waals surface area contributed by atoms with Gasteiger partial charge in [0, 0.05) is 5.56 Å². The fraction of sp³-hybridized carbons (Fsp3) is 0.364. The van der Waals surface area contributed by atoms with Crippen LogP contribution in [-0.2, 0) is 10.3 Å². The summed E-state index contributed by atoms with van der Waals surface area (Å²) in [4.78, 5) is 11.1. The van der Waals surface area contributed by atoms with Crippen LogP contribution in [-0.4, -0.2) is 11.1 Å². The maximum absolute atomic E-state index is 13.4. The number of carboxylic acids is 1. The Hall–Kier alpha value is -1.42. The van der Waals surface area contributed by atoms with Gasteiger partial charge in [-0.2, -0.15) is 0 Å². The van der Waals surface area contributed by atoms with Gasteiger partial charge in [0.1, 0.15) is 11.4 Å². The van der Waals surface area contributed by atoms with Crippen LogP contribution in [0.5, 0.6) is 0 Å². The first-order valence-corrected chi connectivity index (χ1v) is 4.79. The normalized spacial score (nSPS) is 14.6. The van der Waals surface area contributed by atoms with E-state index < -0.39 is 17.3 Å². The van der Waals surface area contributed by atoms with Crippen LogP contribution in [0.2, 0.25) is 0 Å². The predicted molar refractivity (Wildman–Crippen MR) is 54.8 cm³/mol. The number of halogens is 1. The minimum Gasteiger partial charge on any atom is -0.480 e. The molecule has 3 N–H and O–H groups in total. The highest BCUT2D eigenvalue weighted by Gasteiger charge is 2.37. The smallest absolute Gasteiger partial charge is 0.328 e. The number of hydrogen-bond donors (Lipinski definition) is 2. The summed E-state index contributed by atoms with van der Waals surface area (Å²) >= 11 is 0. The number of carbonyl (C=O) groups is 1. The van der Waals surface area contributed by atoms with E-state index in [0.29, 0.717) is 6.42 Å². The van der Waals surface area contributed by atoms with Gasteiger partial charge < -0.3 is 10.8 Å². The van der Waals surface area contributed by atoms with E-state index in [1.165, 1.54) is 18.2 Å². The Kier molecular flexibility index (Phi) is 3.42. The molecule has 1 rings (SSSR count). The van der Waals surface area contributed by atoms with E-state index in [9.17, 15) is 9.18 Å². The maximum Gasteiger partial charge on any atom is 0.328 e. The lowest BCUT2D eigenvalue weighted by Gasteiger charge is -2.24. The molecule has 0 aliphatic heterocycles. The summed E-state index contributed by atoms with van der Waals surface area (Å²) in [5.74, 6) is -1.77. The average Bonchev–Trinajstić information content (AvgIpc) is 2.18. The van der Waals surface area contributed by atoms with Gasteiger partial charge in [0.25, 0.3) is 0 Å². The first-order chi connectivity index (χ1) is 7.02. The Labute approximate surface area is 87.7 Å². The standard InChI is InChI=1S/C11H14FNO2/c1-2-7-11(13,10(14)15)8-5-3-4-6-9(8)12/h3-6H,2,7,13H2,1H3,(H,14,15)/t11-/m0/s1. The van der Waals surface area contributed by atoms with Gasteiger partial charge in [-0.25, -0.2) is 9.18 Å². The molecule has 3 nitrogen and oxygen atoms in total. The molecule has 0 saturated heterocycles. The molecule has 0 unspecified atom stereocenters. The second kappa shape index (κ2) is 4.40. The van der Waals surface area contributed by atoms with Crippen molar-refractivity contribution >= 4 is 5.97 Å². The number of nitrogens with two attached hydrogens (primary N) is 1. The zero-order valence-corrected chi connectivity index (χ0v) is 8.53. The van der Waals surface area contributed by atoms with E-state index >= 15 is 0 Å². The van der Waals surface area contributed by atoms with Crippen molar-refractivity contribution in [3.63, 3.8) is 0 Å². The maximum atomic E-state index is 13.4.